The summed E-state index contributed by atoms with van der Waals surface area (Å²) < 4.78 is 4.76. The molecule has 94 heavy (non-hydrogen) atoms. The van der Waals surface area contributed by atoms with E-state index in [4.69, 9.17) is 29.9 Å². The quantitative estimate of drug-likeness (QED) is 0.121. The Morgan fingerprint density at radius 3 is 0.872 bits per heavy atom. The van der Waals surface area contributed by atoms with Gasteiger partial charge in [0.05, 0.1) is 33.4 Å². The smallest absolute Gasteiger partial charge is 0.166 e. The fraction of sp³-hybridized carbons (Fsp3) is 0.0233. The molecule has 0 aliphatic rings. The highest BCUT2D eigenvalue weighted by molar-refractivity contribution is 6.12. The lowest BCUT2D eigenvalue weighted by atomic mass is 9.95. The summed E-state index contributed by atoms with van der Waals surface area (Å²) in [6.07, 6.45) is 0. The molecule has 0 amide bonds. The highest BCUT2D eigenvalue weighted by Crippen LogP contribution is 2.43. The largest absolute Gasteiger partial charge is 0.309 e. The summed E-state index contributed by atoms with van der Waals surface area (Å²) in [5.41, 5.74) is 22.7. The lowest BCUT2D eigenvalue weighted by Gasteiger charge is -2.17. The zero-order valence-electron chi connectivity index (χ0n) is 51.6. The van der Waals surface area contributed by atoms with Gasteiger partial charge in [-0.25, -0.2) is 29.9 Å². The number of rotatable bonds is 12. The summed E-state index contributed by atoms with van der Waals surface area (Å²) in [4.78, 5) is 32.0. The van der Waals surface area contributed by atoms with Crippen molar-refractivity contribution in [3.05, 3.63) is 327 Å². The summed E-state index contributed by atoms with van der Waals surface area (Å²) in [6, 6.07) is 111. The van der Waals surface area contributed by atoms with Crippen LogP contribution in [0.25, 0.3) is 168 Å². The fourth-order valence-corrected chi connectivity index (χ4v) is 13.5. The van der Waals surface area contributed by atoms with Gasteiger partial charge in [0.25, 0.3) is 0 Å². The summed E-state index contributed by atoms with van der Waals surface area (Å²) in [5, 5.41) is 4.62. The van der Waals surface area contributed by atoms with Crippen molar-refractivity contribution in [2.45, 2.75) is 13.8 Å². The first kappa shape index (κ1) is 55.5. The molecular formula is C86H58N8. The lowest BCUT2D eigenvalue weighted by Crippen LogP contribution is -2.04. The van der Waals surface area contributed by atoms with Crippen LogP contribution in [0, 0.1) is 13.8 Å². The van der Waals surface area contributed by atoms with Crippen molar-refractivity contribution in [3.63, 3.8) is 0 Å². The first-order valence-electron chi connectivity index (χ1n) is 31.8. The minimum atomic E-state index is 0.557. The number of para-hydroxylation sites is 2. The van der Waals surface area contributed by atoms with Gasteiger partial charge in [-0.2, -0.15) is 0 Å². The van der Waals surface area contributed by atoms with Crippen molar-refractivity contribution in [2.75, 3.05) is 0 Å². The van der Waals surface area contributed by atoms with E-state index in [-0.39, 0.29) is 0 Å². The number of benzene rings is 13. The van der Waals surface area contributed by atoms with Crippen molar-refractivity contribution >= 4 is 43.6 Å². The molecule has 0 aliphatic heterocycles. The topological polar surface area (TPSA) is 87.2 Å². The molecule has 4 aromatic heterocycles. The van der Waals surface area contributed by atoms with Crippen LogP contribution in [0.5, 0.6) is 0 Å². The summed E-state index contributed by atoms with van der Waals surface area (Å²) in [5.74, 6) is 3.47. The molecule has 0 bridgehead atoms. The van der Waals surface area contributed by atoms with E-state index < -0.39 is 0 Å². The number of hydrogen-bond acceptors (Lipinski definition) is 6. The van der Waals surface area contributed by atoms with Crippen LogP contribution >= 0.6 is 0 Å². The zero-order chi connectivity index (χ0) is 62.6. The van der Waals surface area contributed by atoms with Crippen LogP contribution < -0.4 is 0 Å². The number of aromatic nitrogens is 8. The van der Waals surface area contributed by atoms with E-state index in [2.05, 4.69) is 266 Å². The van der Waals surface area contributed by atoms with E-state index >= 15 is 0 Å². The molecule has 0 aliphatic carbocycles. The predicted octanol–water partition coefficient (Wildman–Crippen LogP) is 21.5. The Morgan fingerprint density at radius 2 is 0.489 bits per heavy atom. The van der Waals surface area contributed by atoms with E-state index in [1.165, 1.54) is 33.4 Å². The average molecular weight is 1200 g/mol. The van der Waals surface area contributed by atoms with Crippen LogP contribution in [0.4, 0.5) is 0 Å². The third-order valence-corrected chi connectivity index (χ3v) is 18.1. The second-order valence-electron chi connectivity index (χ2n) is 23.9. The Labute approximate surface area is 544 Å². The van der Waals surface area contributed by atoms with Gasteiger partial charge in [-0.05, 0) is 136 Å². The Hall–Kier alpha value is -12.5. The molecule has 13 aromatic carbocycles. The Kier molecular flexibility index (Phi) is 13.8. The zero-order valence-corrected chi connectivity index (χ0v) is 51.6. The van der Waals surface area contributed by atoms with Crippen molar-refractivity contribution in [1.29, 1.82) is 0 Å². The Bertz CT molecular complexity index is 5290. The monoisotopic (exact) mass is 1200 g/mol. The first-order valence-corrected chi connectivity index (χ1v) is 31.8. The Morgan fingerprint density at radius 1 is 0.191 bits per heavy atom. The maximum Gasteiger partial charge on any atom is 0.166 e. The van der Waals surface area contributed by atoms with Gasteiger partial charge in [-0.15, -0.1) is 0 Å². The normalized spacial score (nSPS) is 11.5. The van der Waals surface area contributed by atoms with Crippen LogP contribution in [0.3, 0.4) is 0 Å². The van der Waals surface area contributed by atoms with Gasteiger partial charge in [-0.3, -0.25) is 0 Å². The molecule has 0 fully saturated rings. The van der Waals surface area contributed by atoms with Crippen LogP contribution in [0.1, 0.15) is 11.1 Å². The first-order chi connectivity index (χ1) is 46.4. The average Bonchev–Trinajstić information content (AvgIpc) is 1.54. The molecule has 4 heterocycles. The van der Waals surface area contributed by atoms with Crippen molar-refractivity contribution in [3.8, 4) is 124 Å². The van der Waals surface area contributed by atoms with Gasteiger partial charge in [0.15, 0.2) is 34.9 Å². The third-order valence-electron chi connectivity index (χ3n) is 18.1. The molecule has 0 N–H and O–H groups in total. The molecule has 0 saturated heterocycles. The summed E-state index contributed by atoms with van der Waals surface area (Å²) >= 11 is 0. The predicted molar refractivity (Wildman–Crippen MR) is 386 cm³/mol. The molecule has 0 spiro atoms. The third kappa shape index (κ3) is 9.98. The second kappa shape index (κ2) is 23.4. The minimum Gasteiger partial charge on any atom is -0.309 e. The second-order valence-corrected chi connectivity index (χ2v) is 23.9. The summed E-state index contributed by atoms with van der Waals surface area (Å²) in [7, 11) is 0. The lowest BCUT2D eigenvalue weighted by molar-refractivity contribution is 1.06. The van der Waals surface area contributed by atoms with Crippen molar-refractivity contribution in [1.82, 2.24) is 39.0 Å². The number of fused-ring (bicyclic) bond motifs is 6. The van der Waals surface area contributed by atoms with Gasteiger partial charge >= 0.3 is 0 Å². The van der Waals surface area contributed by atoms with Crippen molar-refractivity contribution < 1.29 is 0 Å². The Balaban J connectivity index is 0.872. The molecule has 0 radical (unpaired) electrons. The van der Waals surface area contributed by atoms with Crippen LogP contribution in [-0.2, 0) is 0 Å². The van der Waals surface area contributed by atoms with Crippen LogP contribution in [0.2, 0.25) is 0 Å². The number of nitrogens with zero attached hydrogens (tertiary/aromatic N) is 8. The molecule has 17 rings (SSSR count). The molecule has 0 saturated carbocycles. The SMILES string of the molecule is Cc1ccccc1-c1ccc2c(c1)c1ccccc1n2-c1ccc(-c2cccc(-c3ccc(-n4c5ccccc5c5cc(-c6ccccc6C)ccc54)c(-c4nc(-c5ccccc5)nc(-c5ccccc5)n4)c3)c2)cc1-c1nc(-c2ccccc2)nc(-c2ccccc2)n1. The molecule has 442 valence electrons. The standard InChI is InChI=1S/C86H58N8/c1-55-24-15-17-36-67(55)65-44-48-77-71(53-65)69-38-19-21-40-75(69)93(77)79-46-42-63(51-73(79)85-89-81(57-26-7-3-8-27-57)87-82(90-85)58-28-9-4-10-29-58)61-34-23-35-62(50-61)64-43-47-80(74(52-64)86-91-83(59-30-11-5-12-31-59)88-84(92-86)60-32-13-6-14-33-60)94-76-41-22-20-39-70(76)72-54-66(45-49-78(72)94)68-37-18-16-25-56(68)2/h3-54H,1-2H3. The van der Waals surface area contributed by atoms with E-state index in [9.17, 15) is 0 Å². The molecule has 8 nitrogen and oxygen atoms in total. The van der Waals surface area contributed by atoms with Crippen LogP contribution in [0.15, 0.2) is 315 Å². The highest BCUT2D eigenvalue weighted by Gasteiger charge is 2.24. The van der Waals surface area contributed by atoms with Gasteiger partial charge in [0.2, 0.25) is 0 Å². The van der Waals surface area contributed by atoms with Gasteiger partial charge in [-0.1, -0.05) is 249 Å². The van der Waals surface area contributed by atoms with E-state index in [0.29, 0.717) is 34.9 Å². The summed E-state index contributed by atoms with van der Waals surface area (Å²) in [6.45, 7) is 4.36. The van der Waals surface area contributed by atoms with Gasteiger partial charge in [0, 0.05) is 54.9 Å². The minimum absolute atomic E-state index is 0.557. The van der Waals surface area contributed by atoms with Gasteiger partial charge in [0.1, 0.15) is 0 Å². The van der Waals surface area contributed by atoms with Crippen molar-refractivity contribution in [2.24, 2.45) is 0 Å². The van der Waals surface area contributed by atoms with E-state index in [1.54, 1.807) is 0 Å². The van der Waals surface area contributed by atoms with E-state index in [0.717, 1.165) is 111 Å². The maximum atomic E-state index is 5.42. The molecular weight excluding hydrogens is 1150 g/mol. The fourth-order valence-electron chi connectivity index (χ4n) is 13.5. The van der Waals surface area contributed by atoms with Crippen LogP contribution in [-0.4, -0.2) is 39.0 Å². The molecule has 0 unspecified atom stereocenters. The maximum absolute atomic E-state index is 5.42. The number of hydrogen-bond donors (Lipinski definition) is 0. The number of aryl methyl sites for hydroxylation is 2. The highest BCUT2D eigenvalue weighted by atomic mass is 15.1. The van der Waals surface area contributed by atoms with Gasteiger partial charge < -0.3 is 9.13 Å². The molecule has 17 aromatic rings. The molecule has 8 heteroatoms. The molecule has 0 atom stereocenters. The van der Waals surface area contributed by atoms with E-state index in [1.807, 2.05) is 72.8 Å².